The van der Waals surface area contributed by atoms with E-state index in [2.05, 4.69) is 11.0 Å². The third-order valence-electron chi connectivity index (χ3n) is 2.29. The van der Waals surface area contributed by atoms with Gasteiger partial charge in [0.05, 0.1) is 0 Å². The quantitative estimate of drug-likeness (QED) is 0.513. The minimum Gasteiger partial charge on any atom is -0.350 e. The number of alkyl halides is 6. The first-order chi connectivity index (χ1) is 6.58. The molecule has 0 aliphatic carbocycles. The van der Waals surface area contributed by atoms with Crippen LogP contribution in [0.25, 0.3) is 0 Å². The molecule has 0 aromatic carbocycles. The van der Waals surface area contributed by atoms with Gasteiger partial charge in [0, 0.05) is 0 Å². The van der Waals surface area contributed by atoms with Gasteiger partial charge in [-0.1, -0.05) is 5.70 Å². The summed E-state index contributed by atoms with van der Waals surface area (Å²) in [6, 6.07) is 0. The van der Waals surface area contributed by atoms with Crippen molar-refractivity contribution in [3.8, 4) is 0 Å². The summed E-state index contributed by atoms with van der Waals surface area (Å²) in [6.45, 7) is 3.87. The minimum atomic E-state index is -5.15. The topological polar surface area (TPSA) is 9.23 Å². The van der Waals surface area contributed by atoms with Crippen LogP contribution in [0.3, 0.4) is 0 Å². The molecule has 1 fully saturated rings. The zero-order valence-electron chi connectivity index (χ0n) is 7.62. The van der Waals surface area contributed by atoms with Gasteiger partial charge in [-0.15, -0.1) is 6.58 Å². The fourth-order valence-corrected chi connectivity index (χ4v) is 3.09. The van der Waals surface area contributed by atoms with Crippen LogP contribution in [0.15, 0.2) is 12.3 Å². The highest BCUT2D eigenvalue weighted by molar-refractivity contribution is 6.79. The van der Waals surface area contributed by atoms with Gasteiger partial charge in [0.15, 0.2) is 5.79 Å². The highest BCUT2D eigenvalue weighted by atomic mass is 28.4. The molecule has 1 nitrogen and oxygen atoms in total. The van der Waals surface area contributed by atoms with E-state index in [-0.39, 0.29) is 0 Å². The lowest BCUT2D eigenvalue weighted by molar-refractivity contribution is -0.348. The molecule has 8 heteroatoms. The van der Waals surface area contributed by atoms with Crippen LogP contribution in [0.5, 0.6) is 0 Å². The second-order valence-corrected chi connectivity index (χ2v) is 6.96. The predicted octanol–water partition coefficient (Wildman–Crippen LogP) is 2.76. The first kappa shape index (κ1) is 12.6. The molecule has 1 aliphatic heterocycles. The maximum Gasteiger partial charge on any atom is 0.413 e. The average Bonchev–Trinajstić information content (AvgIpc) is 2.12. The molecule has 1 rings (SSSR count). The molecule has 0 aromatic heterocycles. The lowest BCUT2D eigenvalue weighted by Crippen LogP contribution is -2.68. The number of halogens is 6. The highest BCUT2D eigenvalue weighted by Gasteiger charge is 2.74. The van der Waals surface area contributed by atoms with Gasteiger partial charge >= 0.3 is 12.0 Å². The summed E-state index contributed by atoms with van der Waals surface area (Å²) in [4.78, 5) is 0. The van der Waals surface area contributed by atoms with Gasteiger partial charge < -0.3 is 4.43 Å². The zero-order chi connectivity index (χ0) is 12.1. The number of hydrogen-bond donors (Lipinski definition) is 0. The van der Waals surface area contributed by atoms with E-state index in [1.54, 1.807) is 0 Å². The Morgan fingerprint density at radius 1 is 1.27 bits per heavy atom. The lowest BCUT2D eigenvalue weighted by Gasteiger charge is -2.43. The molecule has 1 saturated heterocycles. The number of hydrogen-bond acceptors (Lipinski definition) is 1. The van der Waals surface area contributed by atoms with Crippen LogP contribution in [0.4, 0.5) is 26.3 Å². The Balaban J connectivity index is 3.16. The van der Waals surface area contributed by atoms with Crippen LogP contribution in [0.2, 0.25) is 6.55 Å². The molecule has 0 aromatic rings. The maximum absolute atomic E-state index is 13.1. The average molecular weight is 250 g/mol. The largest absolute Gasteiger partial charge is 0.413 e. The summed E-state index contributed by atoms with van der Waals surface area (Å²) >= 11 is 0. The Hall–Kier alpha value is -0.503. The molecule has 3 atom stereocenters. The van der Waals surface area contributed by atoms with Crippen molar-refractivity contribution in [2.24, 2.45) is 0 Å². The zero-order valence-corrected chi connectivity index (χ0v) is 8.62. The molecule has 88 valence electrons. The van der Waals surface area contributed by atoms with Crippen molar-refractivity contribution in [2.45, 2.75) is 30.5 Å². The van der Waals surface area contributed by atoms with Gasteiger partial charge in [0.2, 0.25) is 6.17 Å². The summed E-state index contributed by atoms with van der Waals surface area (Å²) in [5, 5.41) is 0. The predicted molar refractivity (Wildman–Crippen MR) is 42.6 cm³/mol. The molecule has 0 N–H and O–H groups in total. The van der Waals surface area contributed by atoms with Gasteiger partial charge in [0.1, 0.15) is 0 Å². The van der Waals surface area contributed by atoms with Crippen LogP contribution in [0.1, 0.15) is 0 Å². The summed E-state index contributed by atoms with van der Waals surface area (Å²) in [7, 11) is -4.01. The minimum absolute atomic E-state index is 0.674. The number of rotatable bonds is 1. The molecule has 1 aliphatic rings. The van der Waals surface area contributed by atoms with Crippen LogP contribution in [0, 0.1) is 0 Å². The smallest absolute Gasteiger partial charge is 0.350 e. The Morgan fingerprint density at radius 2 is 1.73 bits per heavy atom. The normalized spacial score (nSPS) is 43.7. The summed E-state index contributed by atoms with van der Waals surface area (Å²) in [5.41, 5.74) is 0.674. The first-order valence-corrected chi connectivity index (χ1v) is 6.52. The molecule has 0 bridgehead atoms. The van der Waals surface area contributed by atoms with Gasteiger partial charge in [0.25, 0.3) is 8.32 Å². The fraction of sp³-hybridized carbons (Fsp3) is 0.714. The molecule has 1 heterocycles. The third kappa shape index (κ3) is 1.59. The molecule has 0 radical (unpaired) electrons. The van der Waals surface area contributed by atoms with E-state index < -0.39 is 32.3 Å². The van der Waals surface area contributed by atoms with Crippen LogP contribution >= 0.6 is 0 Å². The van der Waals surface area contributed by atoms with Crippen molar-refractivity contribution in [3.63, 3.8) is 0 Å². The molecular formula is C7H8F6OSi. The van der Waals surface area contributed by atoms with Gasteiger partial charge in [-0.25, -0.2) is 8.78 Å². The fourth-order valence-electron chi connectivity index (χ4n) is 1.19. The molecule has 0 amide bonds. The van der Waals surface area contributed by atoms with Crippen molar-refractivity contribution in [2.75, 3.05) is 0 Å². The molecule has 3 unspecified atom stereocenters. The summed E-state index contributed by atoms with van der Waals surface area (Å²) in [6.07, 6.45) is -8.57. The van der Waals surface area contributed by atoms with Gasteiger partial charge in [-0.3, -0.25) is 0 Å². The molecule has 15 heavy (non-hydrogen) atoms. The Labute approximate surface area is 82.8 Å². The Kier molecular flexibility index (Phi) is 2.72. The van der Waals surface area contributed by atoms with Crippen molar-refractivity contribution in [1.29, 1.82) is 0 Å². The monoisotopic (exact) mass is 250 g/mol. The van der Waals surface area contributed by atoms with E-state index in [0.29, 0.717) is 5.70 Å². The standard InChI is InChI=1S/C7H8F6OSi/c1-3-15(2)5(9)4(8)6(10,11)7(12,13)14-15/h3-5H,1H2,2H3. The van der Waals surface area contributed by atoms with Crippen LogP contribution in [-0.2, 0) is 4.43 Å². The first-order valence-electron chi connectivity index (χ1n) is 3.96. The van der Waals surface area contributed by atoms with Crippen LogP contribution < -0.4 is 0 Å². The summed E-state index contributed by atoms with van der Waals surface area (Å²) in [5.74, 6) is -7.91. The SMILES string of the molecule is C=C[Si]1(C)OC(F)(F)C(F)(F)C(F)C1F. The molecular weight excluding hydrogens is 242 g/mol. The van der Waals surface area contributed by atoms with E-state index in [9.17, 15) is 26.3 Å². The van der Waals surface area contributed by atoms with Crippen molar-refractivity contribution in [1.82, 2.24) is 0 Å². The highest BCUT2D eigenvalue weighted by Crippen LogP contribution is 2.48. The second-order valence-electron chi connectivity index (χ2n) is 3.43. The Bertz CT molecular complexity index is 283. The lowest BCUT2D eigenvalue weighted by atomic mass is 10.2. The van der Waals surface area contributed by atoms with Crippen LogP contribution in [-0.4, -0.2) is 32.3 Å². The second kappa shape index (κ2) is 3.24. The van der Waals surface area contributed by atoms with E-state index in [1.165, 1.54) is 0 Å². The van der Waals surface area contributed by atoms with Crippen molar-refractivity contribution in [3.05, 3.63) is 12.3 Å². The summed E-state index contributed by atoms with van der Waals surface area (Å²) < 4.78 is 80.3. The van der Waals surface area contributed by atoms with E-state index in [1.807, 2.05) is 0 Å². The van der Waals surface area contributed by atoms with E-state index in [0.717, 1.165) is 6.55 Å². The van der Waals surface area contributed by atoms with Crippen molar-refractivity contribution >= 4 is 8.32 Å². The molecule has 0 saturated carbocycles. The third-order valence-corrected chi connectivity index (χ3v) is 5.19. The Morgan fingerprint density at radius 3 is 2.13 bits per heavy atom. The van der Waals surface area contributed by atoms with Gasteiger partial charge in [-0.2, -0.15) is 17.6 Å². The van der Waals surface area contributed by atoms with E-state index in [4.69, 9.17) is 0 Å². The maximum atomic E-state index is 13.1. The van der Waals surface area contributed by atoms with Gasteiger partial charge in [-0.05, 0) is 6.55 Å². The molecule has 0 spiro atoms. The van der Waals surface area contributed by atoms with E-state index >= 15 is 0 Å². The van der Waals surface area contributed by atoms with Crippen molar-refractivity contribution < 1.29 is 30.8 Å².